The molecule has 1 aliphatic heterocycles. The minimum Gasteiger partial charge on any atom is -0.317 e. The third-order valence-corrected chi connectivity index (χ3v) is 3.59. The maximum Gasteiger partial charge on any atom is 0.0712 e. The van der Waals surface area contributed by atoms with Gasteiger partial charge in [-0.1, -0.05) is 24.3 Å². The minimum atomic E-state index is 0.761. The van der Waals surface area contributed by atoms with Gasteiger partial charge in [0.1, 0.15) is 0 Å². The van der Waals surface area contributed by atoms with Crippen molar-refractivity contribution < 1.29 is 0 Å². The van der Waals surface area contributed by atoms with Gasteiger partial charge in [0.2, 0.25) is 0 Å². The lowest BCUT2D eigenvalue weighted by Crippen LogP contribution is -2.28. The first-order valence-corrected chi connectivity index (χ1v) is 6.33. The van der Waals surface area contributed by atoms with Crippen LogP contribution >= 0.6 is 0 Å². The molecule has 1 fully saturated rings. The molecule has 88 valence electrons. The van der Waals surface area contributed by atoms with Gasteiger partial charge < -0.3 is 5.32 Å². The molecule has 1 aliphatic rings. The Hall–Kier alpha value is -1.48. The van der Waals surface area contributed by atoms with E-state index in [2.05, 4.69) is 39.8 Å². The van der Waals surface area contributed by atoms with E-state index in [-0.39, 0.29) is 0 Å². The molecular weight excluding hydrogens is 210 g/mol. The number of nitrogens with one attached hydrogen (secondary N) is 1. The Morgan fingerprint density at radius 3 is 2.88 bits per heavy atom. The zero-order chi connectivity index (χ0) is 11.5. The molecule has 0 bridgehead atoms. The molecule has 1 N–H and O–H groups in total. The predicted octanol–water partition coefficient (Wildman–Crippen LogP) is 2.17. The number of benzene rings is 1. The zero-order valence-corrected chi connectivity index (χ0v) is 9.89. The Labute approximate surface area is 101 Å². The van der Waals surface area contributed by atoms with Crippen LogP contribution in [-0.2, 0) is 6.42 Å². The summed E-state index contributed by atoms with van der Waals surface area (Å²) in [4.78, 5) is 0. The second-order valence-corrected chi connectivity index (χ2v) is 4.78. The molecule has 0 radical (unpaired) electrons. The second-order valence-electron chi connectivity index (χ2n) is 4.78. The molecule has 0 saturated carbocycles. The van der Waals surface area contributed by atoms with Gasteiger partial charge in [-0.05, 0) is 38.3 Å². The fourth-order valence-corrected chi connectivity index (χ4v) is 2.60. The Morgan fingerprint density at radius 1 is 1.18 bits per heavy atom. The van der Waals surface area contributed by atoms with Crippen LogP contribution in [0, 0.1) is 5.92 Å². The average molecular weight is 227 g/mol. The number of hydrogen-bond acceptors (Lipinski definition) is 3. The summed E-state index contributed by atoms with van der Waals surface area (Å²) in [6.07, 6.45) is 5.42. The van der Waals surface area contributed by atoms with Crippen molar-refractivity contribution in [1.82, 2.24) is 15.5 Å². The van der Waals surface area contributed by atoms with Crippen molar-refractivity contribution in [3.63, 3.8) is 0 Å². The molecular formula is C14H17N3. The summed E-state index contributed by atoms with van der Waals surface area (Å²) in [5, 5.41) is 14.3. The third kappa shape index (κ3) is 2.29. The van der Waals surface area contributed by atoms with E-state index in [9.17, 15) is 0 Å². The first kappa shape index (κ1) is 10.7. The topological polar surface area (TPSA) is 37.8 Å². The number of fused-ring (bicyclic) bond motifs is 1. The maximum absolute atomic E-state index is 4.33. The van der Waals surface area contributed by atoms with Gasteiger partial charge in [-0.2, -0.15) is 10.2 Å². The van der Waals surface area contributed by atoms with Gasteiger partial charge in [-0.3, -0.25) is 0 Å². The van der Waals surface area contributed by atoms with Gasteiger partial charge >= 0.3 is 0 Å². The number of aromatic nitrogens is 2. The van der Waals surface area contributed by atoms with Gasteiger partial charge in [-0.15, -0.1) is 0 Å². The highest BCUT2D eigenvalue weighted by atomic mass is 15.1. The van der Waals surface area contributed by atoms with Crippen LogP contribution in [0.5, 0.6) is 0 Å². The summed E-state index contributed by atoms with van der Waals surface area (Å²) in [6.45, 7) is 2.28. The van der Waals surface area contributed by atoms with Gasteiger partial charge in [0, 0.05) is 10.8 Å². The highest BCUT2D eigenvalue weighted by Gasteiger charge is 2.15. The van der Waals surface area contributed by atoms with Crippen molar-refractivity contribution in [2.45, 2.75) is 19.3 Å². The van der Waals surface area contributed by atoms with Crippen LogP contribution in [0.4, 0.5) is 0 Å². The Balaban J connectivity index is 1.89. The molecule has 3 heteroatoms. The van der Waals surface area contributed by atoms with Crippen LogP contribution in [-0.4, -0.2) is 23.3 Å². The summed E-state index contributed by atoms with van der Waals surface area (Å²) < 4.78 is 0. The summed E-state index contributed by atoms with van der Waals surface area (Å²) in [6, 6.07) is 8.39. The molecule has 2 heterocycles. The summed E-state index contributed by atoms with van der Waals surface area (Å²) in [5.41, 5.74) is 1.16. The van der Waals surface area contributed by atoms with Crippen molar-refractivity contribution in [2.24, 2.45) is 5.92 Å². The number of rotatable bonds is 2. The van der Waals surface area contributed by atoms with Crippen LogP contribution in [0.3, 0.4) is 0 Å². The van der Waals surface area contributed by atoms with Gasteiger partial charge in [0.05, 0.1) is 11.9 Å². The van der Waals surface area contributed by atoms with Crippen molar-refractivity contribution >= 4 is 10.8 Å². The van der Waals surface area contributed by atoms with E-state index in [0.717, 1.165) is 31.1 Å². The SMILES string of the molecule is c1ccc2c(CC3CCNCC3)nncc2c1. The Kier molecular flexibility index (Phi) is 3.01. The molecule has 0 atom stereocenters. The highest BCUT2D eigenvalue weighted by Crippen LogP contribution is 2.22. The summed E-state index contributed by atoms with van der Waals surface area (Å²) in [5.74, 6) is 0.761. The van der Waals surface area contributed by atoms with E-state index in [0.29, 0.717) is 0 Å². The Morgan fingerprint density at radius 2 is 2.00 bits per heavy atom. The van der Waals surface area contributed by atoms with E-state index < -0.39 is 0 Å². The van der Waals surface area contributed by atoms with Crippen LogP contribution in [0.25, 0.3) is 10.8 Å². The summed E-state index contributed by atoms with van der Waals surface area (Å²) >= 11 is 0. The van der Waals surface area contributed by atoms with Gasteiger partial charge in [0.25, 0.3) is 0 Å². The van der Waals surface area contributed by atoms with E-state index in [1.54, 1.807) is 0 Å². The number of nitrogens with zero attached hydrogens (tertiary/aromatic N) is 2. The number of hydrogen-bond donors (Lipinski definition) is 1. The molecule has 3 rings (SSSR count). The molecule has 1 aromatic carbocycles. The minimum absolute atomic E-state index is 0.761. The number of piperidine rings is 1. The van der Waals surface area contributed by atoms with Crippen LogP contribution in [0.1, 0.15) is 18.5 Å². The molecule has 0 spiro atoms. The van der Waals surface area contributed by atoms with Crippen LogP contribution in [0.15, 0.2) is 30.5 Å². The van der Waals surface area contributed by atoms with Crippen molar-refractivity contribution in [1.29, 1.82) is 0 Å². The second kappa shape index (κ2) is 4.80. The Bertz CT molecular complexity index is 498. The standard InChI is InChI=1S/C14H17N3/c1-2-4-13-12(3-1)10-16-17-14(13)9-11-5-7-15-8-6-11/h1-4,10-11,15H,5-9H2. The fourth-order valence-electron chi connectivity index (χ4n) is 2.60. The monoisotopic (exact) mass is 227 g/mol. The lowest BCUT2D eigenvalue weighted by Gasteiger charge is -2.22. The van der Waals surface area contributed by atoms with E-state index >= 15 is 0 Å². The molecule has 2 aromatic rings. The van der Waals surface area contributed by atoms with Crippen molar-refractivity contribution in [3.8, 4) is 0 Å². The fraction of sp³-hybridized carbons (Fsp3) is 0.429. The van der Waals surface area contributed by atoms with Gasteiger partial charge in [0.15, 0.2) is 0 Å². The quantitative estimate of drug-likeness (QED) is 0.854. The van der Waals surface area contributed by atoms with Crippen LogP contribution < -0.4 is 5.32 Å². The zero-order valence-electron chi connectivity index (χ0n) is 9.89. The van der Waals surface area contributed by atoms with Crippen molar-refractivity contribution in [2.75, 3.05) is 13.1 Å². The molecule has 0 amide bonds. The smallest absolute Gasteiger partial charge is 0.0712 e. The molecule has 0 aliphatic carbocycles. The molecule has 0 unspecified atom stereocenters. The lowest BCUT2D eigenvalue weighted by molar-refractivity contribution is 0.370. The van der Waals surface area contributed by atoms with Crippen LogP contribution in [0.2, 0.25) is 0 Å². The van der Waals surface area contributed by atoms with Gasteiger partial charge in [-0.25, -0.2) is 0 Å². The van der Waals surface area contributed by atoms with E-state index in [4.69, 9.17) is 0 Å². The molecule has 1 aromatic heterocycles. The van der Waals surface area contributed by atoms with Crippen molar-refractivity contribution in [3.05, 3.63) is 36.2 Å². The largest absolute Gasteiger partial charge is 0.317 e. The normalized spacial score (nSPS) is 17.4. The average Bonchev–Trinajstić information content (AvgIpc) is 2.40. The molecule has 1 saturated heterocycles. The van der Waals surface area contributed by atoms with E-state index in [1.807, 2.05) is 6.20 Å². The first-order valence-electron chi connectivity index (χ1n) is 6.33. The predicted molar refractivity (Wildman–Crippen MR) is 68.8 cm³/mol. The summed E-state index contributed by atoms with van der Waals surface area (Å²) in [7, 11) is 0. The third-order valence-electron chi connectivity index (χ3n) is 3.59. The van der Waals surface area contributed by atoms with E-state index in [1.165, 1.54) is 23.6 Å². The lowest BCUT2D eigenvalue weighted by atomic mass is 9.92. The highest BCUT2D eigenvalue weighted by molar-refractivity contribution is 5.83. The molecule has 3 nitrogen and oxygen atoms in total. The molecule has 17 heavy (non-hydrogen) atoms. The maximum atomic E-state index is 4.33. The first-order chi connectivity index (χ1) is 8.43.